The number of nitrogens with one attached hydrogen (secondary N) is 3. The van der Waals surface area contributed by atoms with E-state index in [1.807, 2.05) is 67.6 Å². The number of carbonyl (C=O) groups is 1. The molecule has 0 saturated heterocycles. The van der Waals surface area contributed by atoms with E-state index in [0.29, 0.717) is 17.6 Å². The maximum Gasteiger partial charge on any atom is 0.323 e. The van der Waals surface area contributed by atoms with Crippen LogP contribution in [0, 0.1) is 6.92 Å². The van der Waals surface area contributed by atoms with E-state index in [4.69, 9.17) is 4.98 Å². The van der Waals surface area contributed by atoms with Crippen LogP contribution >= 0.6 is 0 Å². The number of tetrazole rings is 1. The summed E-state index contributed by atoms with van der Waals surface area (Å²) in [4.78, 5) is 20.6. The first-order chi connectivity index (χ1) is 18.6. The topological polar surface area (TPSA) is 112 Å². The van der Waals surface area contributed by atoms with E-state index in [1.54, 1.807) is 0 Å². The Kier molecular flexibility index (Phi) is 7.92. The second kappa shape index (κ2) is 11.9. The van der Waals surface area contributed by atoms with E-state index in [1.165, 1.54) is 19.3 Å². The third-order valence-electron chi connectivity index (χ3n) is 6.96. The molecule has 5 rings (SSSR count). The highest BCUT2D eigenvalue weighted by Crippen LogP contribution is 2.34. The van der Waals surface area contributed by atoms with Gasteiger partial charge in [-0.1, -0.05) is 68.1 Å². The molecule has 1 aliphatic carbocycles. The molecule has 38 heavy (non-hydrogen) atoms. The van der Waals surface area contributed by atoms with E-state index in [0.717, 1.165) is 59.7 Å². The van der Waals surface area contributed by atoms with E-state index in [9.17, 15) is 4.79 Å². The molecule has 2 heterocycles. The van der Waals surface area contributed by atoms with E-state index in [-0.39, 0.29) is 6.03 Å². The zero-order valence-electron chi connectivity index (χ0n) is 21.9. The molecule has 1 aliphatic rings. The van der Waals surface area contributed by atoms with Crippen LogP contribution in [0.4, 0.5) is 22.0 Å². The van der Waals surface area contributed by atoms with E-state index in [2.05, 4.69) is 43.1 Å². The SMILES string of the molecule is CCCN(c1cc(NC(=O)Nc2ccc(C)cc2)cc(-c2ccccc2-c2nnn[nH]2)n1)C1CCCCC1. The first-order valence-electron chi connectivity index (χ1n) is 13.4. The van der Waals surface area contributed by atoms with Crippen molar-refractivity contribution >= 4 is 23.2 Å². The minimum Gasteiger partial charge on any atom is -0.354 e. The highest BCUT2D eigenvalue weighted by atomic mass is 16.2. The number of benzene rings is 2. The van der Waals surface area contributed by atoms with Crippen molar-refractivity contribution in [3.8, 4) is 22.6 Å². The van der Waals surface area contributed by atoms with Gasteiger partial charge in [0.25, 0.3) is 0 Å². The van der Waals surface area contributed by atoms with Crippen LogP contribution in [-0.4, -0.2) is 44.2 Å². The molecule has 9 nitrogen and oxygen atoms in total. The van der Waals surface area contributed by atoms with Crippen molar-refractivity contribution in [1.29, 1.82) is 0 Å². The standard InChI is InChI=1S/C29H34N8O/c1-3-17-37(23-9-5-4-6-10-23)27-19-22(31-29(38)30-21-15-13-20(2)14-16-21)18-26(32-27)24-11-7-8-12-25(24)28-33-35-36-34-28/h7-8,11-16,18-19,23H,3-6,9-10,17H2,1-2H3,(H2,30,31,32,38)(H,33,34,35,36). The van der Waals surface area contributed by atoms with Gasteiger partial charge >= 0.3 is 6.03 Å². The summed E-state index contributed by atoms with van der Waals surface area (Å²) < 4.78 is 0. The maximum absolute atomic E-state index is 13.0. The number of aromatic nitrogens is 5. The average Bonchev–Trinajstić information content (AvgIpc) is 3.48. The lowest BCUT2D eigenvalue weighted by Crippen LogP contribution is -2.38. The normalized spacial score (nSPS) is 13.7. The lowest BCUT2D eigenvalue weighted by Gasteiger charge is -2.35. The second-order valence-corrected chi connectivity index (χ2v) is 9.83. The Morgan fingerprint density at radius 1 is 0.974 bits per heavy atom. The number of H-pyrrole nitrogens is 1. The lowest BCUT2D eigenvalue weighted by atomic mass is 9.94. The maximum atomic E-state index is 13.0. The Balaban J connectivity index is 1.53. The van der Waals surface area contributed by atoms with Crippen molar-refractivity contribution in [2.75, 3.05) is 22.1 Å². The van der Waals surface area contributed by atoms with Gasteiger partial charge in [0.1, 0.15) is 5.82 Å². The molecular formula is C29H34N8O. The van der Waals surface area contributed by atoms with Crippen molar-refractivity contribution in [2.45, 2.75) is 58.4 Å². The summed E-state index contributed by atoms with van der Waals surface area (Å²) in [6, 6.07) is 19.7. The van der Waals surface area contributed by atoms with Crippen LogP contribution in [0.3, 0.4) is 0 Å². The third-order valence-corrected chi connectivity index (χ3v) is 6.96. The molecule has 0 bridgehead atoms. The minimum atomic E-state index is -0.301. The van der Waals surface area contributed by atoms with Crippen molar-refractivity contribution in [1.82, 2.24) is 25.6 Å². The molecule has 0 atom stereocenters. The predicted molar refractivity (Wildman–Crippen MR) is 151 cm³/mol. The molecule has 3 N–H and O–H groups in total. The van der Waals surface area contributed by atoms with Crippen LogP contribution in [0.2, 0.25) is 0 Å². The molecule has 0 radical (unpaired) electrons. The number of anilines is 3. The van der Waals surface area contributed by atoms with Gasteiger partial charge in [-0.15, -0.1) is 5.10 Å². The summed E-state index contributed by atoms with van der Waals surface area (Å²) in [5.74, 6) is 1.43. The molecule has 4 aromatic rings. The third kappa shape index (κ3) is 5.99. The van der Waals surface area contributed by atoms with Crippen molar-refractivity contribution in [3.63, 3.8) is 0 Å². The van der Waals surface area contributed by atoms with E-state index >= 15 is 0 Å². The Bertz CT molecular complexity index is 1350. The molecule has 1 fully saturated rings. The van der Waals surface area contributed by atoms with Gasteiger partial charge in [-0.05, 0) is 54.8 Å². The molecule has 2 aromatic carbocycles. The Morgan fingerprint density at radius 2 is 1.71 bits per heavy atom. The number of aromatic amines is 1. The molecule has 1 saturated carbocycles. The molecule has 0 unspecified atom stereocenters. The first-order valence-corrected chi connectivity index (χ1v) is 13.4. The molecule has 9 heteroatoms. The fourth-order valence-corrected chi connectivity index (χ4v) is 5.11. The summed E-state index contributed by atoms with van der Waals surface area (Å²) in [5, 5.41) is 20.5. The second-order valence-electron chi connectivity index (χ2n) is 9.83. The Labute approximate surface area is 223 Å². The van der Waals surface area contributed by atoms with Crippen LogP contribution in [-0.2, 0) is 0 Å². The van der Waals surface area contributed by atoms with Gasteiger partial charge in [0.2, 0.25) is 0 Å². The Hall–Kier alpha value is -4.27. The number of urea groups is 1. The largest absolute Gasteiger partial charge is 0.354 e. The van der Waals surface area contributed by atoms with Gasteiger partial charge in [0, 0.05) is 41.2 Å². The number of pyridine rings is 1. The van der Waals surface area contributed by atoms with Crippen LogP contribution in [0.1, 0.15) is 51.0 Å². The number of hydrogen-bond donors (Lipinski definition) is 3. The molecule has 0 aliphatic heterocycles. The first kappa shape index (κ1) is 25.4. The summed E-state index contributed by atoms with van der Waals surface area (Å²) in [7, 11) is 0. The Morgan fingerprint density at radius 3 is 2.42 bits per heavy atom. The van der Waals surface area contributed by atoms with Crippen molar-refractivity contribution in [3.05, 3.63) is 66.2 Å². The average molecular weight is 511 g/mol. The number of rotatable bonds is 8. The number of nitrogens with zero attached hydrogens (tertiary/aromatic N) is 5. The van der Waals surface area contributed by atoms with Gasteiger partial charge in [-0.3, -0.25) is 0 Å². The van der Waals surface area contributed by atoms with Gasteiger partial charge in [-0.2, -0.15) is 0 Å². The zero-order valence-corrected chi connectivity index (χ0v) is 21.9. The molecular weight excluding hydrogens is 476 g/mol. The minimum absolute atomic E-state index is 0.301. The fraction of sp³-hybridized carbons (Fsp3) is 0.345. The molecule has 2 amide bonds. The zero-order chi connectivity index (χ0) is 26.3. The number of amides is 2. The molecule has 2 aromatic heterocycles. The van der Waals surface area contributed by atoms with Crippen LogP contribution in [0.25, 0.3) is 22.6 Å². The quantitative estimate of drug-likeness (QED) is 0.252. The summed E-state index contributed by atoms with van der Waals surface area (Å²) in [6.45, 7) is 5.12. The smallest absolute Gasteiger partial charge is 0.323 e. The van der Waals surface area contributed by atoms with Gasteiger partial charge < -0.3 is 15.5 Å². The van der Waals surface area contributed by atoms with Gasteiger partial charge in [0.05, 0.1) is 5.69 Å². The summed E-state index contributed by atoms with van der Waals surface area (Å²) in [6.07, 6.45) is 7.08. The monoisotopic (exact) mass is 510 g/mol. The number of carbonyl (C=O) groups excluding carboxylic acids is 1. The lowest BCUT2D eigenvalue weighted by molar-refractivity contribution is 0.262. The summed E-state index contributed by atoms with van der Waals surface area (Å²) in [5.41, 5.74) is 5.03. The fourth-order valence-electron chi connectivity index (χ4n) is 5.11. The predicted octanol–water partition coefficient (Wildman–Crippen LogP) is 6.43. The summed E-state index contributed by atoms with van der Waals surface area (Å²) >= 11 is 0. The van der Waals surface area contributed by atoms with Crippen molar-refractivity contribution < 1.29 is 4.79 Å². The molecule has 196 valence electrons. The van der Waals surface area contributed by atoms with Crippen LogP contribution in [0.5, 0.6) is 0 Å². The van der Waals surface area contributed by atoms with Crippen LogP contribution in [0.15, 0.2) is 60.7 Å². The highest BCUT2D eigenvalue weighted by molar-refractivity contribution is 6.00. The van der Waals surface area contributed by atoms with Gasteiger partial charge in [-0.25, -0.2) is 14.9 Å². The van der Waals surface area contributed by atoms with Crippen LogP contribution < -0.4 is 15.5 Å². The van der Waals surface area contributed by atoms with Gasteiger partial charge in [0.15, 0.2) is 5.82 Å². The number of hydrogen-bond acceptors (Lipinski definition) is 6. The van der Waals surface area contributed by atoms with Crippen molar-refractivity contribution in [2.24, 2.45) is 0 Å². The number of aryl methyl sites for hydroxylation is 1. The van der Waals surface area contributed by atoms with E-state index < -0.39 is 0 Å². The highest BCUT2D eigenvalue weighted by Gasteiger charge is 2.23. The molecule has 0 spiro atoms.